The topological polar surface area (TPSA) is 23.1 Å². The van der Waals surface area contributed by atoms with Gasteiger partial charge in [-0.1, -0.05) is 49.2 Å². The molecule has 0 heterocycles. The zero-order valence-electron chi connectivity index (χ0n) is 7.08. The molecule has 0 aliphatic rings. The van der Waals surface area contributed by atoms with Crippen molar-refractivity contribution in [3.63, 3.8) is 0 Å². The van der Waals surface area contributed by atoms with Crippen molar-refractivity contribution in [2.24, 2.45) is 0 Å². The Morgan fingerprint density at radius 3 is 2.27 bits per heavy atom. The van der Waals surface area contributed by atoms with Gasteiger partial charge in [0.1, 0.15) is 0 Å². The SMILES string of the molecule is CCC([O-])c1ccccc1.[Na+]. The molecule has 0 radical (unpaired) electrons. The summed E-state index contributed by atoms with van der Waals surface area (Å²) >= 11 is 0. The van der Waals surface area contributed by atoms with Crippen LogP contribution in [-0.4, -0.2) is 0 Å². The molecule has 2 heteroatoms. The largest absolute Gasteiger partial charge is 1.00 e. The van der Waals surface area contributed by atoms with Gasteiger partial charge >= 0.3 is 29.6 Å². The Hall–Kier alpha value is 0.180. The van der Waals surface area contributed by atoms with Gasteiger partial charge in [0, 0.05) is 0 Å². The fourth-order valence-electron chi connectivity index (χ4n) is 0.903. The van der Waals surface area contributed by atoms with Crippen molar-refractivity contribution in [3.8, 4) is 0 Å². The molecule has 0 aliphatic heterocycles. The summed E-state index contributed by atoms with van der Waals surface area (Å²) < 4.78 is 0. The van der Waals surface area contributed by atoms with Crippen LogP contribution in [0.1, 0.15) is 25.0 Å². The minimum absolute atomic E-state index is 0. The van der Waals surface area contributed by atoms with Gasteiger partial charge in [-0.25, -0.2) is 0 Å². The molecule has 0 saturated heterocycles. The molecule has 1 atom stereocenters. The van der Waals surface area contributed by atoms with E-state index in [2.05, 4.69) is 0 Å². The first-order valence-electron chi connectivity index (χ1n) is 3.55. The number of hydrogen-bond donors (Lipinski definition) is 0. The maximum atomic E-state index is 11.1. The monoisotopic (exact) mass is 158 g/mol. The van der Waals surface area contributed by atoms with Crippen LogP contribution in [-0.2, 0) is 0 Å². The van der Waals surface area contributed by atoms with Crippen LogP contribution in [0.4, 0.5) is 0 Å². The van der Waals surface area contributed by atoms with Crippen molar-refractivity contribution in [3.05, 3.63) is 35.9 Å². The third kappa shape index (κ3) is 3.39. The maximum absolute atomic E-state index is 11.1. The van der Waals surface area contributed by atoms with Crippen LogP contribution in [0.15, 0.2) is 30.3 Å². The molecule has 0 N–H and O–H groups in total. The first-order chi connectivity index (χ1) is 4.84. The summed E-state index contributed by atoms with van der Waals surface area (Å²) in [5, 5.41) is 11.1. The molecule has 1 nitrogen and oxygen atoms in total. The molecular weight excluding hydrogens is 147 g/mol. The van der Waals surface area contributed by atoms with Crippen molar-refractivity contribution in [2.75, 3.05) is 0 Å². The Balaban J connectivity index is 0.000001000. The maximum Gasteiger partial charge on any atom is 1.00 e. The minimum atomic E-state index is -0.541. The van der Waals surface area contributed by atoms with Gasteiger partial charge in [-0.3, -0.25) is 0 Å². The van der Waals surface area contributed by atoms with Gasteiger partial charge in [-0.15, -0.1) is 6.10 Å². The van der Waals surface area contributed by atoms with E-state index in [-0.39, 0.29) is 29.6 Å². The minimum Gasteiger partial charge on any atom is -0.849 e. The fraction of sp³-hybridized carbons (Fsp3) is 0.333. The Bertz CT molecular complexity index is 186. The van der Waals surface area contributed by atoms with E-state index in [1.807, 2.05) is 37.3 Å². The van der Waals surface area contributed by atoms with E-state index in [1.54, 1.807) is 0 Å². The number of hydrogen-bond acceptors (Lipinski definition) is 1. The van der Waals surface area contributed by atoms with Crippen LogP contribution < -0.4 is 34.7 Å². The van der Waals surface area contributed by atoms with Crippen LogP contribution >= 0.6 is 0 Å². The molecule has 54 valence electrons. The molecule has 0 bridgehead atoms. The van der Waals surface area contributed by atoms with Gasteiger partial charge in [0.05, 0.1) is 0 Å². The summed E-state index contributed by atoms with van der Waals surface area (Å²) in [5.74, 6) is 0. The van der Waals surface area contributed by atoms with Gasteiger partial charge in [0.2, 0.25) is 0 Å². The van der Waals surface area contributed by atoms with Crippen molar-refractivity contribution in [1.29, 1.82) is 0 Å². The molecule has 1 aromatic carbocycles. The smallest absolute Gasteiger partial charge is 0.849 e. The zero-order valence-corrected chi connectivity index (χ0v) is 9.08. The second-order valence-electron chi connectivity index (χ2n) is 2.31. The van der Waals surface area contributed by atoms with Crippen molar-refractivity contribution in [1.82, 2.24) is 0 Å². The van der Waals surface area contributed by atoms with E-state index in [0.29, 0.717) is 6.42 Å². The molecule has 11 heavy (non-hydrogen) atoms. The van der Waals surface area contributed by atoms with Crippen LogP contribution in [0.5, 0.6) is 0 Å². The summed E-state index contributed by atoms with van der Waals surface area (Å²) in [6, 6.07) is 9.47. The van der Waals surface area contributed by atoms with E-state index in [4.69, 9.17) is 0 Å². The van der Waals surface area contributed by atoms with Gasteiger partial charge < -0.3 is 5.11 Å². The van der Waals surface area contributed by atoms with Crippen LogP contribution in [0.2, 0.25) is 0 Å². The summed E-state index contributed by atoms with van der Waals surface area (Å²) in [7, 11) is 0. The van der Waals surface area contributed by atoms with E-state index in [0.717, 1.165) is 5.56 Å². The Morgan fingerprint density at radius 1 is 1.27 bits per heavy atom. The van der Waals surface area contributed by atoms with Gasteiger partial charge in [-0.05, 0) is 0 Å². The predicted molar refractivity (Wildman–Crippen MR) is 39.5 cm³/mol. The molecule has 0 fully saturated rings. The second-order valence-corrected chi connectivity index (χ2v) is 2.31. The average molecular weight is 158 g/mol. The summed E-state index contributed by atoms with van der Waals surface area (Å²) in [4.78, 5) is 0. The fourth-order valence-corrected chi connectivity index (χ4v) is 0.903. The molecule has 0 amide bonds. The molecule has 1 rings (SSSR count). The molecule has 0 saturated carbocycles. The molecule has 1 aromatic rings. The number of benzene rings is 1. The summed E-state index contributed by atoms with van der Waals surface area (Å²) in [5.41, 5.74) is 0.894. The summed E-state index contributed by atoms with van der Waals surface area (Å²) in [6.07, 6.45) is 0.130. The number of rotatable bonds is 2. The normalized spacial score (nSPS) is 11.8. The van der Waals surface area contributed by atoms with Gasteiger partial charge in [-0.2, -0.15) is 0 Å². The first-order valence-corrected chi connectivity index (χ1v) is 3.55. The molecular formula is C9H11NaO. The molecule has 1 unspecified atom stereocenters. The molecule has 0 spiro atoms. The van der Waals surface area contributed by atoms with Gasteiger partial charge in [0.15, 0.2) is 0 Å². The van der Waals surface area contributed by atoms with Crippen molar-refractivity contribution < 1.29 is 34.7 Å². The van der Waals surface area contributed by atoms with Crippen LogP contribution in [0.25, 0.3) is 0 Å². The van der Waals surface area contributed by atoms with E-state index in [9.17, 15) is 5.11 Å². The second kappa shape index (κ2) is 5.78. The third-order valence-corrected chi connectivity index (χ3v) is 1.54. The summed E-state index contributed by atoms with van der Waals surface area (Å²) in [6.45, 7) is 1.91. The quantitative estimate of drug-likeness (QED) is 0.480. The van der Waals surface area contributed by atoms with E-state index in [1.165, 1.54) is 0 Å². The van der Waals surface area contributed by atoms with Gasteiger partial charge in [0.25, 0.3) is 0 Å². The third-order valence-electron chi connectivity index (χ3n) is 1.54. The zero-order chi connectivity index (χ0) is 7.40. The Morgan fingerprint density at radius 2 is 1.82 bits per heavy atom. The van der Waals surface area contributed by atoms with Crippen molar-refractivity contribution in [2.45, 2.75) is 19.4 Å². The van der Waals surface area contributed by atoms with E-state index >= 15 is 0 Å². The molecule has 0 aromatic heterocycles. The molecule has 0 aliphatic carbocycles. The first kappa shape index (κ1) is 11.2. The van der Waals surface area contributed by atoms with Crippen molar-refractivity contribution >= 4 is 0 Å². The Kier molecular flexibility index (Phi) is 5.88. The predicted octanol–water partition coefficient (Wildman–Crippen LogP) is -1.50. The average Bonchev–Trinajstić information content (AvgIpc) is 2.05. The standard InChI is InChI=1S/C9H11O.Na/c1-2-9(10)8-6-4-3-5-7-8;/h3-7,9H,2H2,1H3;/q-1;+1. The van der Waals surface area contributed by atoms with Crippen LogP contribution in [0, 0.1) is 0 Å². The van der Waals surface area contributed by atoms with Crippen LogP contribution in [0.3, 0.4) is 0 Å². The van der Waals surface area contributed by atoms with E-state index < -0.39 is 6.10 Å². The Labute approximate surface area is 89.7 Å².